The predicted octanol–water partition coefficient (Wildman–Crippen LogP) is 2.02. The summed E-state index contributed by atoms with van der Waals surface area (Å²) in [6, 6.07) is 3.69. The largest absolute Gasteiger partial charge is 0.286 e. The molecule has 0 N–H and O–H groups in total. The van der Waals surface area contributed by atoms with Crippen LogP contribution in [0.15, 0.2) is 23.7 Å². The van der Waals surface area contributed by atoms with Gasteiger partial charge < -0.3 is 0 Å². The molecule has 0 unspecified atom stereocenters. The lowest BCUT2D eigenvalue weighted by Gasteiger charge is -1.99. The molecule has 0 atom stereocenters. The van der Waals surface area contributed by atoms with E-state index < -0.39 is 0 Å². The van der Waals surface area contributed by atoms with Gasteiger partial charge in [-0.25, -0.2) is 0 Å². The number of ketones is 1. The monoisotopic (exact) mass is 206 g/mol. The topological polar surface area (TPSA) is 34.9 Å². The van der Waals surface area contributed by atoms with E-state index in [4.69, 9.17) is 0 Å². The first-order chi connectivity index (χ1) is 6.70. The van der Waals surface area contributed by atoms with Crippen molar-refractivity contribution in [1.82, 2.24) is 9.78 Å². The summed E-state index contributed by atoms with van der Waals surface area (Å²) in [6.07, 6.45) is 1.64. The average Bonchev–Trinajstić information content (AvgIpc) is 2.73. The molecule has 2 rings (SSSR count). The Morgan fingerprint density at radius 2 is 2.29 bits per heavy atom. The molecule has 0 spiro atoms. The van der Waals surface area contributed by atoms with Gasteiger partial charge in [-0.1, -0.05) is 0 Å². The molecule has 0 aromatic carbocycles. The number of rotatable bonds is 2. The zero-order chi connectivity index (χ0) is 10.1. The molecule has 0 bridgehead atoms. The van der Waals surface area contributed by atoms with Gasteiger partial charge in [-0.2, -0.15) is 5.10 Å². The van der Waals surface area contributed by atoms with Crippen LogP contribution in [0.1, 0.15) is 20.9 Å². The minimum Gasteiger partial charge on any atom is -0.286 e. The summed E-state index contributed by atoms with van der Waals surface area (Å²) in [5.74, 6) is 0.0532. The molecule has 0 saturated carbocycles. The van der Waals surface area contributed by atoms with Gasteiger partial charge >= 0.3 is 0 Å². The van der Waals surface area contributed by atoms with Gasteiger partial charge in [0.05, 0.1) is 4.88 Å². The second kappa shape index (κ2) is 3.38. The van der Waals surface area contributed by atoms with Crippen molar-refractivity contribution >= 4 is 17.1 Å². The second-order valence-corrected chi connectivity index (χ2v) is 4.02. The van der Waals surface area contributed by atoms with E-state index in [2.05, 4.69) is 5.10 Å². The number of hydrogen-bond acceptors (Lipinski definition) is 3. The maximum absolute atomic E-state index is 12.0. The molecule has 3 nitrogen and oxygen atoms in total. The van der Waals surface area contributed by atoms with E-state index in [1.165, 1.54) is 11.3 Å². The highest BCUT2D eigenvalue weighted by atomic mass is 32.1. The number of carbonyl (C=O) groups excluding carboxylic acids is 1. The van der Waals surface area contributed by atoms with Crippen molar-refractivity contribution < 1.29 is 4.79 Å². The van der Waals surface area contributed by atoms with E-state index in [0.717, 1.165) is 10.4 Å². The van der Waals surface area contributed by atoms with Gasteiger partial charge in [0.25, 0.3) is 0 Å². The summed E-state index contributed by atoms with van der Waals surface area (Å²) < 4.78 is 1.60. The van der Waals surface area contributed by atoms with Gasteiger partial charge in [0.15, 0.2) is 0 Å². The SMILES string of the molecule is Cc1ccsc1C(=O)c1ccnn1C. The number of aryl methyl sites for hydroxylation is 2. The van der Waals surface area contributed by atoms with Crippen LogP contribution in [0.2, 0.25) is 0 Å². The van der Waals surface area contributed by atoms with Crippen LogP contribution >= 0.6 is 11.3 Å². The van der Waals surface area contributed by atoms with Gasteiger partial charge in [0.1, 0.15) is 5.69 Å². The van der Waals surface area contributed by atoms with Crippen molar-refractivity contribution in [2.24, 2.45) is 7.05 Å². The van der Waals surface area contributed by atoms with Crippen LogP contribution in [-0.2, 0) is 7.05 Å². The molecule has 0 saturated heterocycles. The molecular formula is C10H10N2OS. The van der Waals surface area contributed by atoms with E-state index in [1.54, 1.807) is 24.0 Å². The molecule has 72 valence electrons. The summed E-state index contributed by atoms with van der Waals surface area (Å²) in [7, 11) is 1.77. The van der Waals surface area contributed by atoms with Crippen molar-refractivity contribution in [2.75, 3.05) is 0 Å². The van der Waals surface area contributed by atoms with E-state index in [9.17, 15) is 4.79 Å². The molecule has 2 heterocycles. The second-order valence-electron chi connectivity index (χ2n) is 3.10. The first-order valence-corrected chi connectivity index (χ1v) is 5.15. The third kappa shape index (κ3) is 1.37. The Morgan fingerprint density at radius 3 is 2.79 bits per heavy atom. The maximum atomic E-state index is 12.0. The maximum Gasteiger partial charge on any atom is 0.221 e. The highest BCUT2D eigenvalue weighted by Gasteiger charge is 2.15. The average molecular weight is 206 g/mol. The van der Waals surface area contributed by atoms with E-state index in [-0.39, 0.29) is 5.78 Å². The lowest BCUT2D eigenvalue weighted by molar-refractivity contribution is 0.103. The summed E-state index contributed by atoms with van der Waals surface area (Å²) >= 11 is 1.47. The third-order valence-corrected chi connectivity index (χ3v) is 3.14. The number of carbonyl (C=O) groups is 1. The minimum atomic E-state index is 0.0532. The van der Waals surface area contributed by atoms with Crippen LogP contribution in [-0.4, -0.2) is 15.6 Å². The van der Waals surface area contributed by atoms with E-state index >= 15 is 0 Å². The minimum absolute atomic E-state index is 0.0532. The predicted molar refractivity (Wildman–Crippen MR) is 55.7 cm³/mol. The molecule has 0 radical (unpaired) electrons. The van der Waals surface area contributed by atoms with Crippen molar-refractivity contribution in [3.8, 4) is 0 Å². The van der Waals surface area contributed by atoms with Crippen LogP contribution < -0.4 is 0 Å². The van der Waals surface area contributed by atoms with Crippen molar-refractivity contribution in [3.05, 3.63) is 39.8 Å². The molecule has 0 fully saturated rings. The molecule has 0 aliphatic heterocycles. The standard InChI is InChI=1S/C10H10N2OS/c1-7-4-6-14-10(7)9(13)8-3-5-11-12(8)2/h3-6H,1-2H3. The highest BCUT2D eigenvalue weighted by molar-refractivity contribution is 7.12. The molecule has 14 heavy (non-hydrogen) atoms. The van der Waals surface area contributed by atoms with Gasteiger partial charge in [-0.15, -0.1) is 11.3 Å². The third-order valence-electron chi connectivity index (χ3n) is 2.12. The Balaban J connectivity index is 2.44. The number of thiophene rings is 1. The van der Waals surface area contributed by atoms with E-state index in [1.807, 2.05) is 18.4 Å². The van der Waals surface area contributed by atoms with Gasteiger partial charge in [-0.3, -0.25) is 9.48 Å². The normalized spacial score (nSPS) is 10.4. The summed E-state index contributed by atoms with van der Waals surface area (Å²) in [6.45, 7) is 1.94. The molecule has 4 heteroatoms. The quantitative estimate of drug-likeness (QED) is 0.705. The lowest BCUT2D eigenvalue weighted by atomic mass is 10.2. The summed E-state index contributed by atoms with van der Waals surface area (Å²) in [4.78, 5) is 12.8. The first kappa shape index (κ1) is 9.15. The fourth-order valence-electron chi connectivity index (χ4n) is 1.32. The summed E-state index contributed by atoms with van der Waals surface area (Å²) in [5.41, 5.74) is 1.66. The van der Waals surface area contributed by atoms with Gasteiger partial charge in [0.2, 0.25) is 5.78 Å². The Morgan fingerprint density at radius 1 is 1.50 bits per heavy atom. The fraction of sp³-hybridized carbons (Fsp3) is 0.200. The van der Waals surface area contributed by atoms with Crippen LogP contribution in [0.5, 0.6) is 0 Å². The van der Waals surface area contributed by atoms with Crippen molar-refractivity contribution in [1.29, 1.82) is 0 Å². The lowest BCUT2D eigenvalue weighted by Crippen LogP contribution is -2.07. The van der Waals surface area contributed by atoms with Crippen molar-refractivity contribution in [2.45, 2.75) is 6.92 Å². The fourth-order valence-corrected chi connectivity index (χ4v) is 2.19. The molecule has 0 amide bonds. The molecule has 2 aromatic heterocycles. The first-order valence-electron chi connectivity index (χ1n) is 4.27. The van der Waals surface area contributed by atoms with Crippen molar-refractivity contribution in [3.63, 3.8) is 0 Å². The number of aromatic nitrogens is 2. The van der Waals surface area contributed by atoms with Gasteiger partial charge in [0, 0.05) is 13.2 Å². The van der Waals surface area contributed by atoms with Gasteiger partial charge in [-0.05, 0) is 30.0 Å². The molecular weight excluding hydrogens is 196 g/mol. The number of hydrogen-bond donors (Lipinski definition) is 0. The van der Waals surface area contributed by atoms with Crippen LogP contribution in [0.3, 0.4) is 0 Å². The van der Waals surface area contributed by atoms with Crippen LogP contribution in [0.4, 0.5) is 0 Å². The molecule has 2 aromatic rings. The van der Waals surface area contributed by atoms with Crippen LogP contribution in [0.25, 0.3) is 0 Å². The molecule has 0 aliphatic rings. The Kier molecular flexibility index (Phi) is 2.21. The van der Waals surface area contributed by atoms with E-state index in [0.29, 0.717) is 5.69 Å². The van der Waals surface area contributed by atoms with Crippen LogP contribution in [0, 0.1) is 6.92 Å². The Hall–Kier alpha value is -1.42. The zero-order valence-electron chi connectivity index (χ0n) is 8.02. The highest BCUT2D eigenvalue weighted by Crippen LogP contribution is 2.19. The molecule has 0 aliphatic carbocycles. The Labute approximate surface area is 86.0 Å². The Bertz CT molecular complexity index is 428. The smallest absolute Gasteiger partial charge is 0.221 e. The zero-order valence-corrected chi connectivity index (χ0v) is 8.84. The summed E-state index contributed by atoms with van der Waals surface area (Å²) in [5, 5.41) is 5.91. The number of nitrogens with zero attached hydrogens (tertiary/aromatic N) is 2.